The Morgan fingerprint density at radius 1 is 1.33 bits per heavy atom. The van der Waals surface area contributed by atoms with E-state index in [1.165, 1.54) is 0 Å². The van der Waals surface area contributed by atoms with E-state index in [4.69, 9.17) is 4.74 Å². The first-order chi connectivity index (χ1) is 9.87. The first-order valence-electron chi connectivity index (χ1n) is 7.06. The second-order valence-electron chi connectivity index (χ2n) is 6.32. The highest BCUT2D eigenvalue weighted by molar-refractivity contribution is 6.78. The largest absolute Gasteiger partial charge is 0.481 e. The molecule has 1 N–H and O–H groups in total. The second kappa shape index (κ2) is 6.30. The van der Waals surface area contributed by atoms with Crippen LogP contribution in [0.5, 0.6) is 0 Å². The Morgan fingerprint density at radius 2 is 2.00 bits per heavy atom. The number of hydrogen-bond acceptors (Lipinski definition) is 3. The number of aliphatic carboxylic acids is 1. The molecule has 0 radical (unpaired) electrons. The molecule has 1 fully saturated rings. The van der Waals surface area contributed by atoms with Crippen LogP contribution in [0.4, 0.5) is 4.79 Å². The van der Waals surface area contributed by atoms with Gasteiger partial charge in [-0.15, -0.1) is 0 Å². The van der Waals surface area contributed by atoms with Crippen LogP contribution in [0.3, 0.4) is 0 Å². The number of rotatable bonds is 3. The quantitative estimate of drug-likeness (QED) is 0.872. The van der Waals surface area contributed by atoms with E-state index in [9.17, 15) is 14.7 Å². The minimum Gasteiger partial charge on any atom is -0.481 e. The third-order valence-corrected chi connectivity index (χ3v) is 6.51. The average molecular weight is 307 g/mol. The van der Waals surface area contributed by atoms with E-state index >= 15 is 0 Å². The van der Waals surface area contributed by atoms with Crippen LogP contribution in [0.15, 0.2) is 30.3 Å². The molecule has 1 aromatic carbocycles. The topological polar surface area (TPSA) is 66.8 Å². The van der Waals surface area contributed by atoms with E-state index < -0.39 is 26.1 Å². The van der Waals surface area contributed by atoms with E-state index in [-0.39, 0.29) is 13.2 Å². The van der Waals surface area contributed by atoms with Crippen molar-refractivity contribution in [2.24, 2.45) is 5.92 Å². The molecular formula is C15H21NO4Si. The fourth-order valence-electron chi connectivity index (χ4n) is 2.76. The van der Waals surface area contributed by atoms with Crippen LogP contribution in [-0.4, -0.2) is 42.9 Å². The number of carbonyl (C=O) groups is 2. The van der Waals surface area contributed by atoms with Gasteiger partial charge in [0.2, 0.25) is 0 Å². The zero-order valence-corrected chi connectivity index (χ0v) is 13.4. The summed E-state index contributed by atoms with van der Waals surface area (Å²) >= 11 is 0. The molecule has 21 heavy (non-hydrogen) atoms. The molecule has 0 saturated carbocycles. The lowest BCUT2D eigenvalue weighted by molar-refractivity contribution is -0.141. The van der Waals surface area contributed by atoms with Crippen molar-refractivity contribution in [3.8, 4) is 0 Å². The molecule has 0 aromatic heterocycles. The van der Waals surface area contributed by atoms with Gasteiger partial charge in [-0.25, -0.2) is 4.79 Å². The van der Waals surface area contributed by atoms with E-state index in [2.05, 4.69) is 13.1 Å². The summed E-state index contributed by atoms with van der Waals surface area (Å²) in [6, 6.07) is 10.2. The molecule has 1 atom stereocenters. The molecule has 1 aromatic rings. The minimum absolute atomic E-state index is 0.218. The van der Waals surface area contributed by atoms with Gasteiger partial charge >= 0.3 is 12.1 Å². The van der Waals surface area contributed by atoms with Crippen molar-refractivity contribution in [2.45, 2.75) is 25.7 Å². The zero-order valence-electron chi connectivity index (χ0n) is 12.4. The Bertz CT molecular complexity index is 518. The first-order valence-corrected chi connectivity index (χ1v) is 10.5. The smallest absolute Gasteiger partial charge is 0.409 e. The number of carboxylic acid groups (broad SMARTS) is 1. The zero-order chi connectivity index (χ0) is 15.5. The molecule has 5 nitrogen and oxygen atoms in total. The maximum absolute atomic E-state index is 12.2. The SMILES string of the molecule is C[Si]1(C)CC(C(=O)O)CN(C(=O)OCc2ccccc2)C1. The number of benzene rings is 1. The Labute approximate surface area is 125 Å². The van der Waals surface area contributed by atoms with E-state index in [1.54, 1.807) is 4.90 Å². The van der Waals surface area contributed by atoms with Gasteiger partial charge in [0, 0.05) is 12.7 Å². The third-order valence-electron chi connectivity index (χ3n) is 3.67. The number of amides is 1. The lowest BCUT2D eigenvalue weighted by atomic mass is 10.2. The van der Waals surface area contributed by atoms with Crippen molar-refractivity contribution in [2.75, 3.05) is 12.7 Å². The summed E-state index contributed by atoms with van der Waals surface area (Å²) in [5.41, 5.74) is 0.925. The highest BCUT2D eigenvalue weighted by Gasteiger charge is 2.39. The molecule has 1 aliphatic heterocycles. The molecule has 0 spiro atoms. The summed E-state index contributed by atoms with van der Waals surface area (Å²) in [7, 11) is -1.71. The van der Waals surface area contributed by atoms with Gasteiger partial charge in [0.05, 0.1) is 14.0 Å². The van der Waals surface area contributed by atoms with Crippen LogP contribution >= 0.6 is 0 Å². The van der Waals surface area contributed by atoms with Gasteiger partial charge in [-0.05, 0) is 11.6 Å². The van der Waals surface area contributed by atoms with E-state index in [0.717, 1.165) is 5.56 Å². The van der Waals surface area contributed by atoms with Crippen LogP contribution in [0.2, 0.25) is 19.1 Å². The molecule has 114 valence electrons. The monoisotopic (exact) mass is 307 g/mol. The van der Waals surface area contributed by atoms with Crippen molar-refractivity contribution < 1.29 is 19.4 Å². The van der Waals surface area contributed by atoms with Gasteiger partial charge in [0.15, 0.2) is 0 Å². The van der Waals surface area contributed by atoms with Crippen molar-refractivity contribution in [1.82, 2.24) is 4.90 Å². The van der Waals surface area contributed by atoms with Gasteiger partial charge in [-0.1, -0.05) is 43.4 Å². The van der Waals surface area contributed by atoms with Gasteiger partial charge in [0.25, 0.3) is 0 Å². The molecule has 1 saturated heterocycles. The van der Waals surface area contributed by atoms with Crippen LogP contribution in [0.25, 0.3) is 0 Å². The molecule has 0 aliphatic carbocycles. The van der Waals surface area contributed by atoms with Gasteiger partial charge in [0.1, 0.15) is 6.61 Å². The highest BCUT2D eigenvalue weighted by Crippen LogP contribution is 2.26. The molecular weight excluding hydrogens is 286 g/mol. The second-order valence-corrected chi connectivity index (χ2v) is 11.4. The molecule has 1 heterocycles. The number of carbonyl (C=O) groups excluding carboxylic acids is 1. The summed E-state index contributed by atoms with van der Waals surface area (Å²) in [6.07, 6.45) is 0.245. The van der Waals surface area contributed by atoms with Crippen LogP contribution in [-0.2, 0) is 16.1 Å². The predicted octanol–water partition coefficient (Wildman–Crippen LogP) is 2.59. The van der Waals surface area contributed by atoms with Gasteiger partial charge in [-0.2, -0.15) is 0 Å². The summed E-state index contributed by atoms with van der Waals surface area (Å²) < 4.78 is 5.31. The molecule has 6 heteroatoms. The molecule has 1 aliphatic rings. The lowest BCUT2D eigenvalue weighted by Crippen LogP contribution is -2.55. The Morgan fingerprint density at radius 3 is 2.62 bits per heavy atom. The van der Waals surface area contributed by atoms with Crippen LogP contribution in [0.1, 0.15) is 5.56 Å². The summed E-state index contributed by atoms with van der Waals surface area (Å²) in [6.45, 7) is 4.69. The number of carboxylic acids is 1. The lowest BCUT2D eigenvalue weighted by Gasteiger charge is -2.39. The van der Waals surface area contributed by atoms with E-state index in [1.807, 2.05) is 30.3 Å². The maximum atomic E-state index is 12.2. The summed E-state index contributed by atoms with van der Waals surface area (Å²) in [5.74, 6) is -1.29. The Kier molecular flexibility index (Phi) is 4.67. The summed E-state index contributed by atoms with van der Waals surface area (Å²) in [5, 5.41) is 9.22. The fraction of sp³-hybridized carbons (Fsp3) is 0.467. The van der Waals surface area contributed by atoms with Crippen LogP contribution in [0, 0.1) is 5.92 Å². The highest BCUT2D eigenvalue weighted by atomic mass is 28.3. The summed E-state index contributed by atoms with van der Waals surface area (Å²) in [4.78, 5) is 25.0. The number of ether oxygens (including phenoxy) is 1. The average Bonchev–Trinajstić information content (AvgIpc) is 2.44. The fourth-order valence-corrected chi connectivity index (χ4v) is 5.82. The molecule has 2 rings (SSSR count). The van der Waals surface area contributed by atoms with Crippen LogP contribution < -0.4 is 0 Å². The van der Waals surface area contributed by atoms with E-state index in [0.29, 0.717) is 12.2 Å². The van der Waals surface area contributed by atoms with Crippen molar-refractivity contribution in [3.63, 3.8) is 0 Å². The number of nitrogens with zero attached hydrogens (tertiary/aromatic N) is 1. The van der Waals surface area contributed by atoms with Crippen molar-refractivity contribution in [3.05, 3.63) is 35.9 Å². The number of hydrogen-bond donors (Lipinski definition) is 1. The molecule has 0 bridgehead atoms. The standard InChI is InChI=1S/C15H21NO4Si/c1-21(2)10-13(14(17)18)8-16(11-21)15(19)20-9-12-6-4-3-5-7-12/h3-7,13H,8-11H2,1-2H3,(H,17,18). The molecule has 1 amide bonds. The first kappa shape index (κ1) is 15.6. The van der Waals surface area contributed by atoms with Gasteiger partial charge in [-0.3, -0.25) is 4.79 Å². The van der Waals surface area contributed by atoms with Crippen molar-refractivity contribution >= 4 is 20.1 Å². The third kappa shape index (κ3) is 4.32. The Hall–Kier alpha value is -1.82. The molecule has 1 unspecified atom stereocenters. The van der Waals surface area contributed by atoms with Crippen molar-refractivity contribution in [1.29, 1.82) is 0 Å². The minimum atomic E-state index is -1.71. The maximum Gasteiger partial charge on any atom is 0.409 e. The van der Waals surface area contributed by atoms with Gasteiger partial charge < -0.3 is 14.7 Å². The predicted molar refractivity (Wildman–Crippen MR) is 81.6 cm³/mol. The Balaban J connectivity index is 1.96. The normalized spacial score (nSPS) is 20.9.